The van der Waals surface area contributed by atoms with Crippen LogP contribution in [-0.2, 0) is 14.8 Å². The predicted molar refractivity (Wildman–Crippen MR) is 86.9 cm³/mol. The topological polar surface area (TPSA) is 75.3 Å². The van der Waals surface area contributed by atoms with Crippen molar-refractivity contribution in [2.45, 2.75) is 0 Å². The molecule has 0 saturated carbocycles. The Morgan fingerprint density at radius 1 is 1.19 bits per heavy atom. The van der Waals surface area contributed by atoms with Gasteiger partial charge < -0.3 is 5.32 Å². The predicted octanol–water partition coefficient (Wildman–Crippen LogP) is 2.77. The van der Waals surface area contributed by atoms with Crippen molar-refractivity contribution >= 4 is 44.7 Å². The first kappa shape index (κ1) is 15.3. The summed E-state index contributed by atoms with van der Waals surface area (Å²) in [6, 6.07) is 8.51. The molecule has 2 rings (SSSR count). The maximum Gasteiger partial charge on any atom is 0.248 e. The number of sulfonamides is 1. The standard InChI is InChI=1S/C14H14N2O3S2/c1-21(18,19)16-13-5-3-2-4-12(13)15-14(17)7-6-11-8-9-20-10-11/h2-10,16H,1H3,(H,15,17)/b7-6+. The lowest BCUT2D eigenvalue weighted by Crippen LogP contribution is -2.14. The van der Waals surface area contributed by atoms with Crippen molar-refractivity contribution in [2.75, 3.05) is 16.3 Å². The Balaban J connectivity index is 2.10. The minimum absolute atomic E-state index is 0.330. The fraction of sp³-hybridized carbons (Fsp3) is 0.0714. The van der Waals surface area contributed by atoms with E-state index in [-0.39, 0.29) is 5.91 Å². The zero-order valence-corrected chi connectivity index (χ0v) is 12.9. The second-order valence-corrected chi connectivity index (χ2v) is 6.83. The van der Waals surface area contributed by atoms with E-state index >= 15 is 0 Å². The van der Waals surface area contributed by atoms with Gasteiger partial charge in [-0.25, -0.2) is 8.42 Å². The van der Waals surface area contributed by atoms with Crippen molar-refractivity contribution in [1.82, 2.24) is 0 Å². The van der Waals surface area contributed by atoms with E-state index in [1.54, 1.807) is 41.7 Å². The van der Waals surface area contributed by atoms with Gasteiger partial charge in [0.1, 0.15) is 0 Å². The summed E-state index contributed by atoms with van der Waals surface area (Å²) in [4.78, 5) is 11.9. The van der Waals surface area contributed by atoms with Gasteiger partial charge in [-0.05, 0) is 40.6 Å². The lowest BCUT2D eigenvalue weighted by atomic mass is 10.2. The molecule has 0 saturated heterocycles. The van der Waals surface area contributed by atoms with Crippen LogP contribution in [0.2, 0.25) is 0 Å². The van der Waals surface area contributed by atoms with Gasteiger partial charge in [0.25, 0.3) is 0 Å². The van der Waals surface area contributed by atoms with Crippen LogP contribution in [0.3, 0.4) is 0 Å². The molecule has 0 unspecified atom stereocenters. The molecule has 110 valence electrons. The van der Waals surface area contributed by atoms with Gasteiger partial charge >= 0.3 is 0 Å². The van der Waals surface area contributed by atoms with Gasteiger partial charge in [0.05, 0.1) is 17.6 Å². The van der Waals surface area contributed by atoms with Crippen molar-refractivity contribution in [1.29, 1.82) is 0 Å². The van der Waals surface area contributed by atoms with E-state index in [1.807, 2.05) is 16.8 Å². The maximum atomic E-state index is 11.9. The Morgan fingerprint density at radius 3 is 2.52 bits per heavy atom. The van der Waals surface area contributed by atoms with E-state index in [4.69, 9.17) is 0 Å². The van der Waals surface area contributed by atoms with Crippen LogP contribution in [0.25, 0.3) is 6.08 Å². The van der Waals surface area contributed by atoms with Crippen molar-refractivity contribution in [3.05, 3.63) is 52.7 Å². The molecule has 1 heterocycles. The molecule has 0 radical (unpaired) electrons. The van der Waals surface area contributed by atoms with E-state index in [9.17, 15) is 13.2 Å². The number of benzene rings is 1. The molecule has 0 aliphatic carbocycles. The minimum atomic E-state index is -3.40. The van der Waals surface area contributed by atoms with E-state index in [2.05, 4.69) is 10.0 Å². The van der Waals surface area contributed by atoms with E-state index in [0.29, 0.717) is 11.4 Å². The summed E-state index contributed by atoms with van der Waals surface area (Å²) in [5.74, 6) is -0.330. The average molecular weight is 322 g/mol. The van der Waals surface area contributed by atoms with Gasteiger partial charge in [-0.3, -0.25) is 9.52 Å². The number of hydrogen-bond acceptors (Lipinski definition) is 4. The maximum absolute atomic E-state index is 11.9. The summed E-state index contributed by atoms with van der Waals surface area (Å²) in [5, 5.41) is 6.49. The van der Waals surface area contributed by atoms with Crippen LogP contribution in [0.5, 0.6) is 0 Å². The highest BCUT2D eigenvalue weighted by atomic mass is 32.2. The molecule has 0 bridgehead atoms. The summed E-state index contributed by atoms with van der Waals surface area (Å²) in [6.07, 6.45) is 4.15. The van der Waals surface area contributed by atoms with Crippen LogP contribution in [-0.4, -0.2) is 20.6 Å². The smallest absolute Gasteiger partial charge is 0.248 e. The lowest BCUT2D eigenvalue weighted by molar-refractivity contribution is -0.111. The molecular weight excluding hydrogens is 308 g/mol. The number of carbonyl (C=O) groups excluding carboxylic acids is 1. The fourth-order valence-corrected chi connectivity index (χ4v) is 2.80. The third-order valence-electron chi connectivity index (χ3n) is 2.45. The van der Waals surface area contributed by atoms with Crippen molar-refractivity contribution in [3.8, 4) is 0 Å². The molecule has 1 aromatic heterocycles. The second-order valence-electron chi connectivity index (χ2n) is 4.30. The van der Waals surface area contributed by atoms with Crippen LogP contribution >= 0.6 is 11.3 Å². The zero-order chi connectivity index (χ0) is 15.3. The van der Waals surface area contributed by atoms with Gasteiger partial charge in [0.2, 0.25) is 15.9 Å². The lowest BCUT2D eigenvalue weighted by Gasteiger charge is -2.10. The number of para-hydroxylation sites is 2. The van der Waals surface area contributed by atoms with Crippen molar-refractivity contribution < 1.29 is 13.2 Å². The zero-order valence-electron chi connectivity index (χ0n) is 11.2. The van der Waals surface area contributed by atoms with Crippen LogP contribution < -0.4 is 10.0 Å². The number of rotatable bonds is 5. The van der Waals surface area contributed by atoms with Gasteiger partial charge in [-0.1, -0.05) is 12.1 Å². The number of nitrogens with one attached hydrogen (secondary N) is 2. The Morgan fingerprint density at radius 2 is 1.90 bits per heavy atom. The molecule has 1 amide bonds. The molecule has 0 aliphatic rings. The average Bonchev–Trinajstić information content (AvgIpc) is 2.90. The second kappa shape index (κ2) is 6.55. The van der Waals surface area contributed by atoms with E-state index < -0.39 is 10.0 Å². The Kier molecular flexibility index (Phi) is 4.77. The monoisotopic (exact) mass is 322 g/mol. The normalized spacial score (nSPS) is 11.5. The molecule has 5 nitrogen and oxygen atoms in total. The molecule has 2 aromatic rings. The highest BCUT2D eigenvalue weighted by molar-refractivity contribution is 7.92. The van der Waals surface area contributed by atoms with Gasteiger partial charge in [0, 0.05) is 6.08 Å². The quantitative estimate of drug-likeness (QED) is 0.831. The van der Waals surface area contributed by atoms with Gasteiger partial charge in [-0.15, -0.1) is 0 Å². The van der Waals surface area contributed by atoms with Crippen molar-refractivity contribution in [2.24, 2.45) is 0 Å². The van der Waals surface area contributed by atoms with E-state index in [1.165, 1.54) is 6.08 Å². The molecule has 2 N–H and O–H groups in total. The first-order valence-corrected chi connectivity index (χ1v) is 8.85. The van der Waals surface area contributed by atoms with Crippen molar-refractivity contribution in [3.63, 3.8) is 0 Å². The SMILES string of the molecule is CS(=O)(=O)Nc1ccccc1NC(=O)/C=C/c1ccsc1. The minimum Gasteiger partial charge on any atom is -0.321 e. The largest absolute Gasteiger partial charge is 0.321 e. The highest BCUT2D eigenvalue weighted by Crippen LogP contribution is 2.22. The molecule has 21 heavy (non-hydrogen) atoms. The summed E-state index contributed by atoms with van der Waals surface area (Å²) in [6.45, 7) is 0. The summed E-state index contributed by atoms with van der Waals surface area (Å²) < 4.78 is 24.9. The van der Waals surface area contributed by atoms with Crippen LogP contribution in [0.15, 0.2) is 47.2 Å². The van der Waals surface area contributed by atoms with Crippen LogP contribution in [0, 0.1) is 0 Å². The number of hydrogen-bond donors (Lipinski definition) is 2. The molecule has 0 fully saturated rings. The molecule has 1 aromatic carbocycles. The Hall–Kier alpha value is -2.12. The molecular formula is C14H14N2O3S2. The molecule has 0 atom stereocenters. The first-order chi connectivity index (χ1) is 9.94. The number of thiophene rings is 1. The Labute approximate surface area is 127 Å². The number of amides is 1. The summed E-state index contributed by atoms with van der Waals surface area (Å²) >= 11 is 1.54. The highest BCUT2D eigenvalue weighted by Gasteiger charge is 2.08. The third kappa shape index (κ3) is 5.05. The van der Waals surface area contributed by atoms with Gasteiger partial charge in [0.15, 0.2) is 0 Å². The van der Waals surface area contributed by atoms with Gasteiger partial charge in [-0.2, -0.15) is 11.3 Å². The van der Waals surface area contributed by atoms with Crippen LogP contribution in [0.1, 0.15) is 5.56 Å². The first-order valence-electron chi connectivity index (χ1n) is 6.02. The molecule has 7 heteroatoms. The summed E-state index contributed by atoms with van der Waals surface area (Å²) in [7, 11) is -3.40. The number of carbonyl (C=O) groups is 1. The fourth-order valence-electron chi connectivity index (χ4n) is 1.60. The van der Waals surface area contributed by atoms with Crippen LogP contribution in [0.4, 0.5) is 11.4 Å². The van der Waals surface area contributed by atoms with E-state index in [0.717, 1.165) is 11.8 Å². The summed E-state index contributed by atoms with van der Waals surface area (Å²) in [5.41, 5.74) is 1.68. The molecule has 0 aliphatic heterocycles. The third-order valence-corrected chi connectivity index (χ3v) is 3.74. The molecule has 0 spiro atoms. The number of anilines is 2. The Bertz CT molecular complexity index is 750.